The molecule has 1 aliphatic rings. The highest BCUT2D eigenvalue weighted by molar-refractivity contribution is 5.84. The first-order valence-corrected chi connectivity index (χ1v) is 10.3. The number of hydrogen-bond donors (Lipinski definition) is 2. The van der Waals surface area contributed by atoms with Crippen molar-refractivity contribution in [1.29, 1.82) is 0 Å². The van der Waals surface area contributed by atoms with Gasteiger partial charge in [0.05, 0.1) is 4.92 Å². The van der Waals surface area contributed by atoms with Gasteiger partial charge in [-0.05, 0) is 55.2 Å². The highest BCUT2D eigenvalue weighted by Gasteiger charge is 2.30. The highest BCUT2D eigenvalue weighted by Crippen LogP contribution is 2.37. The van der Waals surface area contributed by atoms with E-state index in [1.54, 1.807) is 12.1 Å². The molecule has 7 nitrogen and oxygen atoms in total. The molecule has 0 spiro atoms. The number of non-ortho nitro benzene ring substituents is 1. The molecule has 1 fully saturated rings. The second-order valence-electron chi connectivity index (χ2n) is 7.93. The number of amides is 1. The molecule has 156 valence electrons. The molecule has 3 aromatic rings. The molecule has 0 bridgehead atoms. The van der Waals surface area contributed by atoms with Gasteiger partial charge in [0, 0.05) is 41.2 Å². The van der Waals surface area contributed by atoms with Crippen molar-refractivity contribution < 1.29 is 14.5 Å². The minimum atomic E-state index is -0.457. The van der Waals surface area contributed by atoms with Gasteiger partial charge < -0.3 is 15.0 Å². The molecular formula is C23H25N3O4. The van der Waals surface area contributed by atoms with Crippen LogP contribution in [0.5, 0.6) is 0 Å². The Kier molecular flexibility index (Phi) is 5.70. The van der Waals surface area contributed by atoms with Gasteiger partial charge in [-0.25, -0.2) is 4.79 Å². The standard InChI is InChI=1S/C23H25N3O4/c1-15-6-11-21-19(12-15)20(13-24-21)18-4-2-3-5-22(18)25-23(27)30-14-16-7-9-17(10-8-16)26(28)29/h6-13,18,22,24H,2-5,14H2,1H3,(H,25,27)/t18-,22+/m0/s1. The largest absolute Gasteiger partial charge is 0.445 e. The molecule has 0 unspecified atom stereocenters. The zero-order chi connectivity index (χ0) is 21.1. The number of nitro groups is 1. The van der Waals surface area contributed by atoms with Gasteiger partial charge in [-0.15, -0.1) is 0 Å². The third-order valence-corrected chi connectivity index (χ3v) is 5.86. The average molecular weight is 407 g/mol. The second kappa shape index (κ2) is 8.57. The molecular weight excluding hydrogens is 382 g/mol. The summed E-state index contributed by atoms with van der Waals surface area (Å²) in [6.45, 7) is 2.16. The number of carbonyl (C=O) groups is 1. The Morgan fingerprint density at radius 1 is 1.20 bits per heavy atom. The minimum absolute atomic E-state index is 0.0159. The minimum Gasteiger partial charge on any atom is -0.445 e. The number of ether oxygens (including phenoxy) is 1. The Bertz CT molecular complexity index is 1060. The molecule has 0 saturated heterocycles. The van der Waals surface area contributed by atoms with Crippen molar-refractivity contribution in [3.8, 4) is 0 Å². The Hall–Kier alpha value is -3.35. The first-order chi connectivity index (χ1) is 14.5. The number of aryl methyl sites for hydroxylation is 1. The number of nitro benzene ring substituents is 1. The Labute approximate surface area is 174 Å². The lowest BCUT2D eigenvalue weighted by Gasteiger charge is -2.32. The van der Waals surface area contributed by atoms with Gasteiger partial charge in [0.25, 0.3) is 5.69 Å². The van der Waals surface area contributed by atoms with E-state index in [4.69, 9.17) is 4.74 Å². The fourth-order valence-corrected chi connectivity index (χ4v) is 4.29. The number of nitrogens with one attached hydrogen (secondary N) is 2. The number of carbonyl (C=O) groups excluding carboxylic acids is 1. The molecule has 1 amide bonds. The molecule has 1 aromatic heterocycles. The van der Waals surface area contributed by atoms with Crippen LogP contribution in [0.2, 0.25) is 0 Å². The number of fused-ring (bicyclic) bond motifs is 1. The molecule has 1 aliphatic carbocycles. The van der Waals surface area contributed by atoms with Gasteiger partial charge in [0.1, 0.15) is 6.61 Å². The van der Waals surface area contributed by atoms with E-state index in [1.165, 1.54) is 28.6 Å². The Morgan fingerprint density at radius 3 is 2.73 bits per heavy atom. The number of alkyl carbamates (subject to hydrolysis) is 1. The highest BCUT2D eigenvalue weighted by atomic mass is 16.6. The van der Waals surface area contributed by atoms with Gasteiger partial charge in [-0.1, -0.05) is 24.5 Å². The normalized spacial score (nSPS) is 18.8. The zero-order valence-corrected chi connectivity index (χ0v) is 16.9. The van der Waals surface area contributed by atoms with E-state index in [2.05, 4.69) is 41.6 Å². The predicted octanol–water partition coefficient (Wildman–Crippen LogP) is 5.34. The maximum atomic E-state index is 12.4. The molecule has 0 aliphatic heterocycles. The van der Waals surface area contributed by atoms with Crippen LogP contribution in [0.25, 0.3) is 10.9 Å². The number of nitrogens with zero attached hydrogens (tertiary/aromatic N) is 1. The Balaban J connectivity index is 1.42. The van der Waals surface area contributed by atoms with Crippen LogP contribution in [-0.2, 0) is 11.3 Å². The number of rotatable bonds is 5. The van der Waals surface area contributed by atoms with E-state index >= 15 is 0 Å². The summed E-state index contributed by atoms with van der Waals surface area (Å²) in [4.78, 5) is 26.1. The molecule has 7 heteroatoms. The summed E-state index contributed by atoms with van der Waals surface area (Å²) in [6.07, 6.45) is 5.76. The van der Waals surface area contributed by atoms with Crippen LogP contribution in [0.3, 0.4) is 0 Å². The smallest absolute Gasteiger partial charge is 0.407 e. The number of aromatic amines is 1. The third-order valence-electron chi connectivity index (χ3n) is 5.86. The van der Waals surface area contributed by atoms with Crippen LogP contribution in [0.4, 0.5) is 10.5 Å². The molecule has 2 aromatic carbocycles. The second-order valence-corrected chi connectivity index (χ2v) is 7.93. The van der Waals surface area contributed by atoms with E-state index in [0.29, 0.717) is 5.56 Å². The van der Waals surface area contributed by atoms with Gasteiger partial charge in [0.15, 0.2) is 0 Å². The maximum absolute atomic E-state index is 12.4. The fraction of sp³-hybridized carbons (Fsp3) is 0.348. The third kappa shape index (κ3) is 4.30. The molecule has 1 saturated carbocycles. The van der Waals surface area contributed by atoms with E-state index in [-0.39, 0.29) is 24.3 Å². The first kappa shape index (κ1) is 19.9. The lowest BCUT2D eigenvalue weighted by Crippen LogP contribution is -2.41. The van der Waals surface area contributed by atoms with E-state index in [9.17, 15) is 14.9 Å². The molecule has 30 heavy (non-hydrogen) atoms. The predicted molar refractivity (Wildman–Crippen MR) is 114 cm³/mol. The zero-order valence-electron chi connectivity index (χ0n) is 16.9. The van der Waals surface area contributed by atoms with Crippen molar-refractivity contribution in [2.24, 2.45) is 0 Å². The lowest BCUT2D eigenvalue weighted by molar-refractivity contribution is -0.384. The van der Waals surface area contributed by atoms with E-state index < -0.39 is 11.0 Å². The van der Waals surface area contributed by atoms with Crippen molar-refractivity contribution in [3.63, 3.8) is 0 Å². The molecule has 4 rings (SSSR count). The van der Waals surface area contributed by atoms with Crippen molar-refractivity contribution in [3.05, 3.63) is 75.5 Å². The van der Waals surface area contributed by atoms with Gasteiger partial charge >= 0.3 is 6.09 Å². The van der Waals surface area contributed by atoms with Crippen molar-refractivity contribution in [1.82, 2.24) is 10.3 Å². The monoisotopic (exact) mass is 407 g/mol. The van der Waals surface area contributed by atoms with Crippen molar-refractivity contribution in [2.75, 3.05) is 0 Å². The summed E-state index contributed by atoms with van der Waals surface area (Å²) < 4.78 is 5.38. The number of benzene rings is 2. The van der Waals surface area contributed by atoms with Crippen molar-refractivity contribution in [2.45, 2.75) is 51.2 Å². The maximum Gasteiger partial charge on any atom is 0.407 e. The Morgan fingerprint density at radius 2 is 1.97 bits per heavy atom. The average Bonchev–Trinajstić information content (AvgIpc) is 3.16. The van der Waals surface area contributed by atoms with Gasteiger partial charge in [-0.3, -0.25) is 10.1 Å². The van der Waals surface area contributed by atoms with E-state index in [1.807, 2.05) is 0 Å². The SMILES string of the molecule is Cc1ccc2[nH]cc([C@@H]3CCCC[C@H]3NC(=O)OCc3ccc([N+](=O)[O-])cc3)c2c1. The number of aromatic nitrogens is 1. The molecule has 1 heterocycles. The van der Waals surface area contributed by atoms with Crippen LogP contribution < -0.4 is 5.32 Å². The summed E-state index contributed by atoms with van der Waals surface area (Å²) in [5.74, 6) is 0.237. The number of H-pyrrole nitrogens is 1. The van der Waals surface area contributed by atoms with E-state index in [0.717, 1.165) is 31.2 Å². The summed E-state index contributed by atoms with van der Waals surface area (Å²) in [5, 5.41) is 15.0. The fourth-order valence-electron chi connectivity index (χ4n) is 4.29. The van der Waals surface area contributed by atoms with Gasteiger partial charge in [-0.2, -0.15) is 0 Å². The van der Waals surface area contributed by atoms with Crippen LogP contribution in [0.15, 0.2) is 48.7 Å². The first-order valence-electron chi connectivity index (χ1n) is 10.3. The van der Waals surface area contributed by atoms with Crippen LogP contribution in [0, 0.1) is 17.0 Å². The van der Waals surface area contributed by atoms with Gasteiger partial charge in [0.2, 0.25) is 0 Å². The van der Waals surface area contributed by atoms with Crippen LogP contribution >= 0.6 is 0 Å². The summed E-state index contributed by atoms with van der Waals surface area (Å²) in [6, 6.07) is 12.4. The summed E-state index contributed by atoms with van der Waals surface area (Å²) >= 11 is 0. The quantitative estimate of drug-likeness (QED) is 0.441. The lowest BCUT2D eigenvalue weighted by atomic mass is 9.80. The molecule has 2 N–H and O–H groups in total. The summed E-state index contributed by atoms with van der Waals surface area (Å²) in [5.41, 5.74) is 4.30. The molecule has 2 atom stereocenters. The summed E-state index contributed by atoms with van der Waals surface area (Å²) in [7, 11) is 0. The molecule has 0 radical (unpaired) electrons. The van der Waals surface area contributed by atoms with Crippen molar-refractivity contribution >= 4 is 22.7 Å². The number of hydrogen-bond acceptors (Lipinski definition) is 4. The van der Waals surface area contributed by atoms with Crippen LogP contribution in [0.1, 0.15) is 48.3 Å². The van der Waals surface area contributed by atoms with Crippen LogP contribution in [-0.4, -0.2) is 22.0 Å². The topological polar surface area (TPSA) is 97.3 Å².